The van der Waals surface area contributed by atoms with Gasteiger partial charge in [0.05, 0.1) is 11.0 Å². The summed E-state index contributed by atoms with van der Waals surface area (Å²) in [5.74, 6) is 1.79. The van der Waals surface area contributed by atoms with Crippen LogP contribution in [-0.4, -0.2) is 15.4 Å². The van der Waals surface area contributed by atoms with Crippen LogP contribution in [0.2, 0.25) is 0 Å². The van der Waals surface area contributed by atoms with Crippen molar-refractivity contribution < 1.29 is 0 Å². The van der Waals surface area contributed by atoms with Crippen LogP contribution in [0.1, 0.15) is 44.0 Å². The van der Waals surface area contributed by atoms with E-state index in [2.05, 4.69) is 36.6 Å². The van der Waals surface area contributed by atoms with Crippen LogP contribution in [0.5, 0.6) is 0 Å². The lowest BCUT2D eigenvalue weighted by atomic mass is 9.88. The minimum atomic E-state index is 0.429. The molecular formula is C17H23ClN2. The SMILES string of the molecule is Cc1cccc2c1nc(CCCl)n2CC1(C)CCCC1. The van der Waals surface area contributed by atoms with Gasteiger partial charge in [-0.1, -0.05) is 31.9 Å². The van der Waals surface area contributed by atoms with Gasteiger partial charge in [0.15, 0.2) is 0 Å². The number of nitrogens with zero attached hydrogens (tertiary/aromatic N) is 2. The van der Waals surface area contributed by atoms with Gasteiger partial charge in [0.1, 0.15) is 5.82 Å². The maximum absolute atomic E-state index is 5.97. The van der Waals surface area contributed by atoms with E-state index in [9.17, 15) is 0 Å². The second-order valence-electron chi connectivity index (χ2n) is 6.51. The molecule has 0 spiro atoms. The Morgan fingerprint density at radius 1 is 1.30 bits per heavy atom. The van der Waals surface area contributed by atoms with Gasteiger partial charge in [0.25, 0.3) is 0 Å². The number of halogens is 1. The molecule has 1 heterocycles. The second kappa shape index (κ2) is 5.40. The molecule has 0 bridgehead atoms. The van der Waals surface area contributed by atoms with Crippen LogP contribution >= 0.6 is 11.6 Å². The maximum atomic E-state index is 5.97. The lowest BCUT2D eigenvalue weighted by molar-refractivity contribution is 0.282. The van der Waals surface area contributed by atoms with Crippen LogP contribution in [0.15, 0.2) is 18.2 Å². The fourth-order valence-electron chi connectivity index (χ4n) is 3.56. The van der Waals surface area contributed by atoms with Crippen molar-refractivity contribution in [1.29, 1.82) is 0 Å². The molecule has 2 nitrogen and oxygen atoms in total. The monoisotopic (exact) mass is 290 g/mol. The molecule has 0 saturated heterocycles. The molecule has 1 saturated carbocycles. The minimum absolute atomic E-state index is 0.429. The molecule has 1 aromatic carbocycles. The van der Waals surface area contributed by atoms with Gasteiger partial charge in [-0.25, -0.2) is 4.98 Å². The highest BCUT2D eigenvalue weighted by Gasteiger charge is 2.30. The van der Waals surface area contributed by atoms with E-state index in [0.29, 0.717) is 11.3 Å². The summed E-state index contributed by atoms with van der Waals surface area (Å²) in [5, 5.41) is 0. The average Bonchev–Trinajstić information content (AvgIpc) is 2.98. The predicted octanol–water partition coefficient (Wildman–Crippen LogP) is 4.71. The van der Waals surface area contributed by atoms with Crippen molar-refractivity contribution in [3.8, 4) is 0 Å². The van der Waals surface area contributed by atoms with E-state index in [4.69, 9.17) is 16.6 Å². The van der Waals surface area contributed by atoms with Gasteiger partial charge < -0.3 is 4.57 Å². The topological polar surface area (TPSA) is 17.8 Å². The molecule has 108 valence electrons. The van der Waals surface area contributed by atoms with E-state index in [1.54, 1.807) is 0 Å². The molecule has 3 heteroatoms. The first kappa shape index (κ1) is 13.9. The lowest BCUT2D eigenvalue weighted by Gasteiger charge is -2.25. The van der Waals surface area contributed by atoms with E-state index >= 15 is 0 Å². The zero-order valence-corrected chi connectivity index (χ0v) is 13.2. The Morgan fingerprint density at radius 3 is 2.75 bits per heavy atom. The normalized spacial score (nSPS) is 17.9. The van der Waals surface area contributed by atoms with Gasteiger partial charge in [0, 0.05) is 18.8 Å². The zero-order valence-electron chi connectivity index (χ0n) is 12.5. The quantitative estimate of drug-likeness (QED) is 0.746. The number of aryl methyl sites for hydroxylation is 2. The van der Waals surface area contributed by atoms with Gasteiger partial charge in [-0.2, -0.15) is 0 Å². The third kappa shape index (κ3) is 2.46. The summed E-state index contributed by atoms with van der Waals surface area (Å²) in [6.07, 6.45) is 6.25. The Morgan fingerprint density at radius 2 is 2.05 bits per heavy atom. The molecule has 0 amide bonds. The Kier molecular flexibility index (Phi) is 3.76. The van der Waals surface area contributed by atoms with Crippen LogP contribution < -0.4 is 0 Å². The van der Waals surface area contributed by atoms with E-state index in [1.165, 1.54) is 36.8 Å². The molecule has 0 atom stereocenters. The van der Waals surface area contributed by atoms with Crippen molar-refractivity contribution in [2.75, 3.05) is 5.88 Å². The highest BCUT2D eigenvalue weighted by atomic mass is 35.5. The van der Waals surface area contributed by atoms with Gasteiger partial charge >= 0.3 is 0 Å². The number of imidazole rings is 1. The van der Waals surface area contributed by atoms with Crippen molar-refractivity contribution in [3.05, 3.63) is 29.6 Å². The first-order valence-electron chi connectivity index (χ1n) is 7.64. The van der Waals surface area contributed by atoms with Crippen LogP contribution in [0.25, 0.3) is 11.0 Å². The summed E-state index contributed by atoms with van der Waals surface area (Å²) < 4.78 is 2.43. The molecule has 20 heavy (non-hydrogen) atoms. The van der Waals surface area contributed by atoms with Crippen LogP contribution in [0.3, 0.4) is 0 Å². The summed E-state index contributed by atoms with van der Waals surface area (Å²) in [6, 6.07) is 6.48. The molecule has 1 aliphatic carbocycles. The Bertz CT molecular complexity index is 609. The molecule has 0 radical (unpaired) electrons. The predicted molar refractivity (Wildman–Crippen MR) is 85.5 cm³/mol. The van der Waals surface area contributed by atoms with Crippen LogP contribution in [0, 0.1) is 12.3 Å². The van der Waals surface area contributed by atoms with Gasteiger partial charge in [0.2, 0.25) is 0 Å². The fraction of sp³-hybridized carbons (Fsp3) is 0.588. The summed E-state index contributed by atoms with van der Waals surface area (Å²) in [6.45, 7) is 5.65. The van der Waals surface area contributed by atoms with Gasteiger partial charge in [-0.05, 0) is 36.8 Å². The van der Waals surface area contributed by atoms with Crippen molar-refractivity contribution in [3.63, 3.8) is 0 Å². The summed E-state index contributed by atoms with van der Waals surface area (Å²) >= 11 is 5.97. The average molecular weight is 291 g/mol. The first-order chi connectivity index (χ1) is 9.63. The number of hydrogen-bond acceptors (Lipinski definition) is 1. The molecule has 2 aromatic rings. The van der Waals surface area contributed by atoms with Crippen molar-refractivity contribution in [2.45, 2.75) is 52.5 Å². The standard InChI is InChI=1S/C17H23ClN2/c1-13-6-5-7-14-16(13)19-15(8-11-18)20(14)12-17(2)9-3-4-10-17/h5-7H,3-4,8-12H2,1-2H3. The molecule has 1 aliphatic rings. The zero-order chi connectivity index (χ0) is 14.2. The number of aromatic nitrogens is 2. The summed E-state index contributed by atoms with van der Waals surface area (Å²) in [5.41, 5.74) is 4.11. The highest BCUT2D eigenvalue weighted by Crippen LogP contribution is 2.40. The smallest absolute Gasteiger partial charge is 0.111 e. The number of hydrogen-bond donors (Lipinski definition) is 0. The Balaban J connectivity index is 2.06. The first-order valence-corrected chi connectivity index (χ1v) is 8.17. The molecule has 0 aliphatic heterocycles. The molecule has 1 fully saturated rings. The summed E-state index contributed by atoms with van der Waals surface area (Å²) in [4.78, 5) is 4.85. The lowest BCUT2D eigenvalue weighted by Crippen LogP contribution is -2.21. The highest BCUT2D eigenvalue weighted by molar-refractivity contribution is 6.17. The number of benzene rings is 1. The van der Waals surface area contributed by atoms with Crippen LogP contribution in [0.4, 0.5) is 0 Å². The maximum Gasteiger partial charge on any atom is 0.111 e. The number of fused-ring (bicyclic) bond motifs is 1. The number of para-hydroxylation sites is 1. The van der Waals surface area contributed by atoms with Crippen molar-refractivity contribution in [1.82, 2.24) is 9.55 Å². The largest absolute Gasteiger partial charge is 0.327 e. The van der Waals surface area contributed by atoms with E-state index < -0.39 is 0 Å². The summed E-state index contributed by atoms with van der Waals surface area (Å²) in [7, 11) is 0. The third-order valence-electron chi connectivity index (χ3n) is 4.73. The molecule has 0 unspecified atom stereocenters. The minimum Gasteiger partial charge on any atom is -0.327 e. The van der Waals surface area contributed by atoms with Crippen molar-refractivity contribution >= 4 is 22.6 Å². The molecule has 0 N–H and O–H groups in total. The number of alkyl halides is 1. The number of rotatable bonds is 4. The fourth-order valence-corrected chi connectivity index (χ4v) is 3.72. The van der Waals surface area contributed by atoms with Crippen molar-refractivity contribution in [2.24, 2.45) is 5.41 Å². The third-order valence-corrected chi connectivity index (χ3v) is 4.92. The molecule has 1 aromatic heterocycles. The van der Waals surface area contributed by atoms with E-state index in [1.807, 2.05) is 0 Å². The Labute approximate surface area is 126 Å². The molecule has 3 rings (SSSR count). The second-order valence-corrected chi connectivity index (χ2v) is 6.89. The van der Waals surface area contributed by atoms with Gasteiger partial charge in [-0.3, -0.25) is 0 Å². The van der Waals surface area contributed by atoms with E-state index in [0.717, 1.165) is 24.3 Å². The van der Waals surface area contributed by atoms with Gasteiger partial charge in [-0.15, -0.1) is 11.6 Å². The Hall–Kier alpha value is -1.02. The van der Waals surface area contributed by atoms with E-state index in [-0.39, 0.29) is 0 Å². The van der Waals surface area contributed by atoms with Crippen LogP contribution in [-0.2, 0) is 13.0 Å². The molecular weight excluding hydrogens is 268 g/mol.